The molecule has 2 aromatic carbocycles. The maximum Gasteiger partial charge on any atom is 0.160 e. The first-order valence-corrected chi connectivity index (χ1v) is 9.30. The fourth-order valence-electron chi connectivity index (χ4n) is 2.90. The Labute approximate surface area is 148 Å². The molecule has 0 saturated carbocycles. The van der Waals surface area contributed by atoms with Gasteiger partial charge in [0.1, 0.15) is 7.85 Å². The SMILES string of the molecule is Bc1cc(Cc2cc3ccccc3s2)cc(OC)c1OCCCC. The third-order valence-electron chi connectivity index (χ3n) is 4.12. The molecule has 1 heterocycles. The van der Waals surface area contributed by atoms with Crippen molar-refractivity contribution in [1.29, 1.82) is 0 Å². The molecule has 3 rings (SSSR count). The first-order chi connectivity index (χ1) is 11.7. The topological polar surface area (TPSA) is 18.5 Å². The van der Waals surface area contributed by atoms with Crippen LogP contribution in [0.1, 0.15) is 30.2 Å². The lowest BCUT2D eigenvalue weighted by molar-refractivity contribution is 0.290. The highest BCUT2D eigenvalue weighted by atomic mass is 32.1. The van der Waals surface area contributed by atoms with Gasteiger partial charge in [0, 0.05) is 16.0 Å². The number of ether oxygens (including phenoxy) is 2. The Hall–Kier alpha value is -1.94. The molecule has 4 heteroatoms. The van der Waals surface area contributed by atoms with Crippen LogP contribution in [0.15, 0.2) is 42.5 Å². The average Bonchev–Trinajstić information content (AvgIpc) is 2.98. The van der Waals surface area contributed by atoms with E-state index in [1.165, 1.54) is 20.5 Å². The van der Waals surface area contributed by atoms with Crippen LogP contribution in [-0.4, -0.2) is 21.6 Å². The van der Waals surface area contributed by atoms with E-state index >= 15 is 0 Å². The number of rotatable bonds is 7. The maximum absolute atomic E-state index is 5.93. The van der Waals surface area contributed by atoms with Gasteiger partial charge in [-0.2, -0.15) is 0 Å². The van der Waals surface area contributed by atoms with E-state index in [0.717, 1.165) is 42.8 Å². The van der Waals surface area contributed by atoms with E-state index in [2.05, 4.69) is 57.2 Å². The van der Waals surface area contributed by atoms with Crippen molar-refractivity contribution in [3.8, 4) is 11.5 Å². The number of thiophene rings is 1. The van der Waals surface area contributed by atoms with Gasteiger partial charge in [-0.3, -0.25) is 0 Å². The third kappa shape index (κ3) is 3.76. The maximum atomic E-state index is 5.93. The molecule has 0 aliphatic heterocycles. The summed E-state index contributed by atoms with van der Waals surface area (Å²) in [6.45, 7) is 2.91. The van der Waals surface area contributed by atoms with Crippen molar-refractivity contribution in [2.24, 2.45) is 0 Å². The Morgan fingerprint density at radius 2 is 1.96 bits per heavy atom. The molecule has 0 aliphatic carbocycles. The number of benzene rings is 2. The van der Waals surface area contributed by atoms with Crippen LogP contribution in [0.25, 0.3) is 10.1 Å². The van der Waals surface area contributed by atoms with Crippen LogP contribution in [0.2, 0.25) is 0 Å². The summed E-state index contributed by atoms with van der Waals surface area (Å²) in [6, 6.07) is 15.2. The average molecular weight is 338 g/mol. The fourth-order valence-corrected chi connectivity index (χ4v) is 3.99. The molecule has 0 N–H and O–H groups in total. The second-order valence-electron chi connectivity index (χ2n) is 6.07. The summed E-state index contributed by atoms with van der Waals surface area (Å²) >= 11 is 1.86. The predicted molar refractivity (Wildman–Crippen MR) is 106 cm³/mol. The zero-order valence-corrected chi connectivity index (χ0v) is 15.4. The lowest BCUT2D eigenvalue weighted by Crippen LogP contribution is -2.13. The molecule has 0 unspecified atom stereocenters. The molecule has 0 amide bonds. The Kier molecular flexibility index (Phi) is 5.46. The van der Waals surface area contributed by atoms with Crippen molar-refractivity contribution in [2.75, 3.05) is 13.7 Å². The minimum absolute atomic E-state index is 0.739. The quantitative estimate of drug-likeness (QED) is 0.480. The van der Waals surface area contributed by atoms with Crippen molar-refractivity contribution in [1.82, 2.24) is 0 Å². The van der Waals surface area contributed by atoms with E-state index < -0.39 is 0 Å². The molecule has 0 radical (unpaired) electrons. The second kappa shape index (κ2) is 7.76. The predicted octanol–water partition coefficient (Wildman–Crippen LogP) is 3.94. The summed E-state index contributed by atoms with van der Waals surface area (Å²) in [6.07, 6.45) is 3.11. The third-order valence-corrected chi connectivity index (χ3v) is 5.24. The first kappa shape index (κ1) is 16.9. The van der Waals surface area contributed by atoms with Gasteiger partial charge in [-0.25, -0.2) is 0 Å². The van der Waals surface area contributed by atoms with Crippen LogP contribution in [0.4, 0.5) is 0 Å². The van der Waals surface area contributed by atoms with Gasteiger partial charge in [-0.1, -0.05) is 37.6 Å². The van der Waals surface area contributed by atoms with E-state index in [-0.39, 0.29) is 0 Å². The van der Waals surface area contributed by atoms with Gasteiger partial charge >= 0.3 is 0 Å². The summed E-state index contributed by atoms with van der Waals surface area (Å²) in [5.74, 6) is 1.72. The van der Waals surface area contributed by atoms with Crippen LogP contribution in [0.3, 0.4) is 0 Å². The summed E-state index contributed by atoms with van der Waals surface area (Å²) in [7, 11) is 3.81. The van der Waals surface area contributed by atoms with Crippen molar-refractivity contribution in [3.63, 3.8) is 0 Å². The molecule has 3 aromatic rings. The zero-order chi connectivity index (χ0) is 16.9. The van der Waals surface area contributed by atoms with Crippen molar-refractivity contribution < 1.29 is 9.47 Å². The lowest BCUT2D eigenvalue weighted by atomic mass is 9.91. The Morgan fingerprint density at radius 1 is 1.12 bits per heavy atom. The van der Waals surface area contributed by atoms with E-state index in [1.807, 2.05) is 11.3 Å². The number of methoxy groups -OCH3 is 1. The Morgan fingerprint density at radius 3 is 2.71 bits per heavy atom. The van der Waals surface area contributed by atoms with Crippen molar-refractivity contribution in [2.45, 2.75) is 26.2 Å². The molecule has 0 saturated heterocycles. The molecule has 1 aromatic heterocycles. The summed E-state index contributed by atoms with van der Waals surface area (Å²) in [5.41, 5.74) is 2.40. The molecule has 0 atom stereocenters. The molecular formula is C20H23BO2S. The van der Waals surface area contributed by atoms with Crippen LogP contribution >= 0.6 is 11.3 Å². The van der Waals surface area contributed by atoms with Gasteiger partial charge in [-0.05, 0) is 41.0 Å². The normalized spacial score (nSPS) is 10.9. The minimum Gasteiger partial charge on any atom is -0.493 e. The highest BCUT2D eigenvalue weighted by molar-refractivity contribution is 7.19. The second-order valence-corrected chi connectivity index (χ2v) is 7.24. The standard InChI is InChI=1S/C20H23BO2S/c1-3-4-9-23-20-17(21)11-14(12-18(20)22-2)10-16-13-15-7-5-6-8-19(15)24-16/h5-8,11-13H,3-4,9-10,21H2,1-2H3. The zero-order valence-electron chi connectivity index (χ0n) is 14.6. The molecule has 24 heavy (non-hydrogen) atoms. The van der Waals surface area contributed by atoms with E-state index in [1.54, 1.807) is 7.11 Å². The molecule has 0 spiro atoms. The lowest BCUT2D eigenvalue weighted by Gasteiger charge is -2.15. The van der Waals surface area contributed by atoms with Gasteiger partial charge in [0.15, 0.2) is 11.5 Å². The summed E-state index contributed by atoms with van der Waals surface area (Å²) in [4.78, 5) is 1.37. The molecule has 124 valence electrons. The number of hydrogen-bond acceptors (Lipinski definition) is 3. The van der Waals surface area contributed by atoms with E-state index in [0.29, 0.717) is 0 Å². The first-order valence-electron chi connectivity index (χ1n) is 8.49. The number of unbranched alkanes of at least 4 members (excludes halogenated alkanes) is 1. The van der Waals surface area contributed by atoms with Crippen LogP contribution < -0.4 is 14.9 Å². The summed E-state index contributed by atoms with van der Waals surface area (Å²) < 4.78 is 12.8. The van der Waals surface area contributed by atoms with Crippen LogP contribution in [-0.2, 0) is 6.42 Å². The van der Waals surface area contributed by atoms with Crippen molar-refractivity contribution in [3.05, 3.63) is 52.9 Å². The number of hydrogen-bond donors (Lipinski definition) is 0. The van der Waals surface area contributed by atoms with Gasteiger partial charge < -0.3 is 9.47 Å². The van der Waals surface area contributed by atoms with E-state index in [9.17, 15) is 0 Å². The van der Waals surface area contributed by atoms with Gasteiger partial charge in [0.25, 0.3) is 0 Å². The van der Waals surface area contributed by atoms with Gasteiger partial charge in [0.2, 0.25) is 0 Å². The molecule has 0 aliphatic rings. The summed E-state index contributed by atoms with van der Waals surface area (Å²) in [5, 5.41) is 1.32. The smallest absolute Gasteiger partial charge is 0.160 e. The Balaban J connectivity index is 1.84. The largest absolute Gasteiger partial charge is 0.493 e. The molecular weight excluding hydrogens is 315 g/mol. The van der Waals surface area contributed by atoms with Gasteiger partial charge in [0.05, 0.1) is 13.7 Å². The minimum atomic E-state index is 0.739. The van der Waals surface area contributed by atoms with Crippen molar-refractivity contribution >= 4 is 34.7 Å². The molecule has 2 nitrogen and oxygen atoms in total. The molecule has 0 bridgehead atoms. The highest BCUT2D eigenvalue weighted by Crippen LogP contribution is 2.30. The Bertz CT molecular complexity index is 793. The highest BCUT2D eigenvalue weighted by Gasteiger charge is 2.11. The van der Waals surface area contributed by atoms with E-state index in [4.69, 9.17) is 9.47 Å². The monoisotopic (exact) mass is 338 g/mol. The fraction of sp³-hybridized carbons (Fsp3) is 0.300. The van der Waals surface area contributed by atoms with Crippen LogP contribution in [0.5, 0.6) is 11.5 Å². The van der Waals surface area contributed by atoms with Crippen LogP contribution in [0, 0.1) is 0 Å². The molecule has 0 fully saturated rings. The number of fused-ring (bicyclic) bond motifs is 1. The van der Waals surface area contributed by atoms with Gasteiger partial charge in [-0.15, -0.1) is 11.3 Å².